The van der Waals surface area contributed by atoms with E-state index in [9.17, 15) is 9.59 Å². The lowest BCUT2D eigenvalue weighted by Gasteiger charge is -2.19. The number of carbonyl (C=O) groups excluding carboxylic acids is 2. The zero-order valence-electron chi connectivity index (χ0n) is 14.9. The summed E-state index contributed by atoms with van der Waals surface area (Å²) in [5, 5.41) is 5.89. The van der Waals surface area contributed by atoms with Crippen molar-refractivity contribution in [2.75, 3.05) is 26.7 Å². The molecule has 0 spiro atoms. The Balaban J connectivity index is 1.94. The molecule has 1 fully saturated rings. The van der Waals surface area contributed by atoms with Crippen LogP contribution in [-0.4, -0.2) is 55.6 Å². The van der Waals surface area contributed by atoms with Gasteiger partial charge in [0.05, 0.1) is 7.11 Å². The number of aromatic nitrogens is 1. The first-order valence-electron chi connectivity index (χ1n) is 8.61. The van der Waals surface area contributed by atoms with Gasteiger partial charge in [0.1, 0.15) is 12.3 Å². The average Bonchev–Trinajstić information content (AvgIpc) is 3.14. The molecule has 0 aromatic carbocycles. The van der Waals surface area contributed by atoms with Gasteiger partial charge < -0.3 is 31.3 Å². The highest BCUT2D eigenvalue weighted by molar-refractivity contribution is 5.94. The van der Waals surface area contributed by atoms with E-state index in [2.05, 4.69) is 20.6 Å². The summed E-state index contributed by atoms with van der Waals surface area (Å²) in [4.78, 5) is 32.4. The molecule has 2 heterocycles. The van der Waals surface area contributed by atoms with Crippen molar-refractivity contribution in [2.24, 2.45) is 16.5 Å². The average molecular weight is 366 g/mol. The molecule has 2 rings (SSSR count). The summed E-state index contributed by atoms with van der Waals surface area (Å²) in [6.07, 6.45) is 4.00. The van der Waals surface area contributed by atoms with E-state index in [1.807, 2.05) is 0 Å². The molecule has 0 saturated carbocycles. The molecule has 10 heteroatoms. The molecule has 0 radical (unpaired) electrons. The first kappa shape index (κ1) is 19.7. The highest BCUT2D eigenvalue weighted by atomic mass is 16.5. The number of piperidine rings is 1. The number of ether oxygens (including phenoxy) is 1. The van der Waals surface area contributed by atoms with Gasteiger partial charge in [0, 0.05) is 12.5 Å². The summed E-state index contributed by atoms with van der Waals surface area (Å²) in [7, 11) is 1.27. The fraction of sp³-hybridized carbons (Fsp3) is 0.625. The van der Waals surface area contributed by atoms with Gasteiger partial charge in [-0.15, -0.1) is 0 Å². The van der Waals surface area contributed by atoms with Crippen molar-refractivity contribution < 1.29 is 18.7 Å². The third kappa shape index (κ3) is 5.73. The minimum atomic E-state index is -0.805. The van der Waals surface area contributed by atoms with Crippen LogP contribution >= 0.6 is 0 Å². The Hall–Kier alpha value is -2.62. The van der Waals surface area contributed by atoms with E-state index in [0.29, 0.717) is 25.3 Å². The minimum Gasteiger partial charge on any atom is -0.467 e. The summed E-state index contributed by atoms with van der Waals surface area (Å²) in [6.45, 7) is 2.15. The van der Waals surface area contributed by atoms with E-state index >= 15 is 0 Å². The van der Waals surface area contributed by atoms with Gasteiger partial charge in [0.15, 0.2) is 17.5 Å². The summed E-state index contributed by atoms with van der Waals surface area (Å²) >= 11 is 0. The largest absolute Gasteiger partial charge is 0.467 e. The predicted molar refractivity (Wildman–Crippen MR) is 94.5 cm³/mol. The SMILES string of the molecule is COC(=O)C(CCCN=C(N)N)NC(=O)c1coc(C2CCNCC2)n1. The third-order valence-electron chi connectivity index (χ3n) is 4.18. The van der Waals surface area contributed by atoms with Crippen LogP contribution in [0.25, 0.3) is 0 Å². The number of nitrogens with two attached hydrogens (primary N) is 2. The molecule has 0 bridgehead atoms. The molecular weight excluding hydrogens is 340 g/mol. The number of hydrogen-bond donors (Lipinski definition) is 4. The van der Waals surface area contributed by atoms with E-state index < -0.39 is 17.9 Å². The van der Waals surface area contributed by atoms with Gasteiger partial charge in [-0.3, -0.25) is 9.79 Å². The van der Waals surface area contributed by atoms with E-state index in [1.54, 1.807) is 0 Å². The number of oxazole rings is 1. The van der Waals surface area contributed by atoms with E-state index in [-0.39, 0.29) is 17.6 Å². The monoisotopic (exact) mass is 366 g/mol. The highest BCUT2D eigenvalue weighted by Gasteiger charge is 2.25. The second kappa shape index (κ2) is 9.76. The number of hydrogen-bond acceptors (Lipinski definition) is 7. The van der Waals surface area contributed by atoms with Crippen LogP contribution in [-0.2, 0) is 9.53 Å². The van der Waals surface area contributed by atoms with E-state index in [0.717, 1.165) is 25.9 Å². The Morgan fingerprint density at radius 2 is 2.19 bits per heavy atom. The molecule has 6 N–H and O–H groups in total. The molecule has 1 amide bonds. The molecule has 144 valence electrons. The summed E-state index contributed by atoms with van der Waals surface area (Å²) < 4.78 is 10.2. The number of amides is 1. The van der Waals surface area contributed by atoms with Gasteiger partial charge in [-0.25, -0.2) is 9.78 Å². The summed E-state index contributed by atoms with van der Waals surface area (Å²) in [5.41, 5.74) is 10.7. The van der Waals surface area contributed by atoms with Gasteiger partial charge in [0.2, 0.25) is 0 Å². The lowest BCUT2D eigenvalue weighted by Crippen LogP contribution is -2.41. The standard InChI is InChI=1S/C16H26N6O4/c1-25-15(24)11(3-2-6-20-16(17)18)21-13(23)12-9-26-14(22-12)10-4-7-19-8-5-10/h9-11,19H,2-8H2,1H3,(H,21,23)(H4,17,18,20). The Morgan fingerprint density at radius 1 is 1.46 bits per heavy atom. The maximum Gasteiger partial charge on any atom is 0.328 e. The van der Waals surface area contributed by atoms with Gasteiger partial charge in [-0.2, -0.15) is 0 Å². The number of nitrogens with zero attached hydrogens (tertiary/aromatic N) is 2. The molecule has 1 aliphatic rings. The van der Waals surface area contributed by atoms with Crippen LogP contribution in [0.2, 0.25) is 0 Å². The minimum absolute atomic E-state index is 0.0170. The maximum absolute atomic E-state index is 12.4. The Bertz CT molecular complexity index is 634. The normalized spacial score (nSPS) is 15.9. The molecule has 1 saturated heterocycles. The van der Waals surface area contributed by atoms with Crippen LogP contribution in [0, 0.1) is 0 Å². The lowest BCUT2D eigenvalue weighted by molar-refractivity contribution is -0.143. The van der Waals surface area contributed by atoms with E-state index in [1.165, 1.54) is 13.4 Å². The molecule has 1 aliphatic heterocycles. The number of aliphatic imine (C=N–C) groups is 1. The van der Waals surface area contributed by atoms with Crippen molar-refractivity contribution >= 4 is 17.8 Å². The Morgan fingerprint density at radius 3 is 2.85 bits per heavy atom. The smallest absolute Gasteiger partial charge is 0.328 e. The number of carbonyl (C=O) groups is 2. The fourth-order valence-corrected chi connectivity index (χ4v) is 2.78. The Labute approximate surface area is 151 Å². The van der Waals surface area contributed by atoms with Crippen molar-refractivity contribution in [3.8, 4) is 0 Å². The van der Waals surface area contributed by atoms with Crippen molar-refractivity contribution in [3.05, 3.63) is 17.8 Å². The van der Waals surface area contributed by atoms with Crippen LogP contribution in [0.5, 0.6) is 0 Å². The number of guanidine groups is 1. The number of methoxy groups -OCH3 is 1. The zero-order valence-corrected chi connectivity index (χ0v) is 14.9. The third-order valence-corrected chi connectivity index (χ3v) is 4.18. The molecule has 10 nitrogen and oxygen atoms in total. The van der Waals surface area contributed by atoms with Crippen LogP contribution < -0.4 is 22.1 Å². The van der Waals surface area contributed by atoms with Crippen LogP contribution in [0.1, 0.15) is 48.0 Å². The second-order valence-electron chi connectivity index (χ2n) is 6.09. The number of rotatable bonds is 8. The molecule has 1 aromatic heterocycles. The van der Waals surface area contributed by atoms with Crippen molar-refractivity contribution in [3.63, 3.8) is 0 Å². The summed E-state index contributed by atoms with van der Waals surface area (Å²) in [5.74, 6) is -0.277. The molecule has 1 aromatic rings. The van der Waals surface area contributed by atoms with Crippen LogP contribution in [0.15, 0.2) is 15.7 Å². The van der Waals surface area contributed by atoms with Gasteiger partial charge in [0.25, 0.3) is 5.91 Å². The maximum atomic E-state index is 12.4. The molecule has 1 unspecified atom stereocenters. The van der Waals surface area contributed by atoms with Gasteiger partial charge in [-0.05, 0) is 38.8 Å². The van der Waals surface area contributed by atoms with Gasteiger partial charge in [-0.1, -0.05) is 0 Å². The van der Waals surface area contributed by atoms with Crippen molar-refractivity contribution in [1.29, 1.82) is 0 Å². The van der Waals surface area contributed by atoms with Crippen molar-refractivity contribution in [1.82, 2.24) is 15.6 Å². The molecule has 0 aliphatic carbocycles. The zero-order chi connectivity index (χ0) is 18.9. The topological polar surface area (TPSA) is 158 Å². The second-order valence-corrected chi connectivity index (χ2v) is 6.09. The number of esters is 1. The molecular formula is C16H26N6O4. The molecule has 26 heavy (non-hydrogen) atoms. The van der Waals surface area contributed by atoms with E-state index in [4.69, 9.17) is 20.6 Å². The highest BCUT2D eigenvalue weighted by Crippen LogP contribution is 2.24. The first-order valence-corrected chi connectivity index (χ1v) is 8.61. The molecule has 1 atom stereocenters. The quantitative estimate of drug-likeness (QED) is 0.207. The van der Waals surface area contributed by atoms with Crippen LogP contribution in [0.3, 0.4) is 0 Å². The fourth-order valence-electron chi connectivity index (χ4n) is 2.78. The van der Waals surface area contributed by atoms with Crippen molar-refractivity contribution in [2.45, 2.75) is 37.6 Å². The summed E-state index contributed by atoms with van der Waals surface area (Å²) in [6, 6.07) is -0.805. The number of nitrogens with one attached hydrogen (secondary N) is 2. The predicted octanol–water partition coefficient (Wildman–Crippen LogP) is -0.533. The lowest BCUT2D eigenvalue weighted by atomic mass is 9.98. The first-order chi connectivity index (χ1) is 12.5. The van der Waals surface area contributed by atoms with Crippen LogP contribution in [0.4, 0.5) is 0 Å². The Kier molecular flexibility index (Phi) is 7.39. The van der Waals surface area contributed by atoms with Gasteiger partial charge >= 0.3 is 5.97 Å².